The standard InChI is InChI=1S/C34H71N2O6P/c1-3-5-7-9-11-13-15-16-17-18-19-21-23-25-27-33(37)32(31-42-43(39,40)41-30-29-35)36-34(38)28-26-24-22-20-14-12-10-8-6-4-2/h32-33,37H,3-31,35H2,1-2H3,(H,36,38)(H,39,40). The van der Waals surface area contributed by atoms with Crippen LogP contribution < -0.4 is 11.1 Å². The number of amides is 1. The fraction of sp³-hybridized carbons (Fsp3) is 0.971. The maximum absolute atomic E-state index is 12.6. The first-order valence-electron chi connectivity index (χ1n) is 18.2. The summed E-state index contributed by atoms with van der Waals surface area (Å²) in [5, 5.41) is 13.7. The Hall–Kier alpha value is -0.500. The second kappa shape index (κ2) is 31.5. The minimum absolute atomic E-state index is 0.0919. The van der Waals surface area contributed by atoms with Gasteiger partial charge in [-0.25, -0.2) is 4.57 Å². The molecular formula is C34H71N2O6P. The molecule has 0 aromatic carbocycles. The fourth-order valence-corrected chi connectivity index (χ4v) is 6.19. The van der Waals surface area contributed by atoms with Gasteiger partial charge in [0.1, 0.15) is 0 Å². The smallest absolute Gasteiger partial charge is 0.391 e. The summed E-state index contributed by atoms with van der Waals surface area (Å²) in [5.74, 6) is -0.163. The molecule has 43 heavy (non-hydrogen) atoms. The molecule has 0 aliphatic heterocycles. The van der Waals surface area contributed by atoms with Crippen molar-refractivity contribution in [3.05, 3.63) is 0 Å². The van der Waals surface area contributed by atoms with Crippen LogP contribution in [-0.2, 0) is 18.4 Å². The highest BCUT2D eigenvalue weighted by atomic mass is 31.2. The second-order valence-electron chi connectivity index (χ2n) is 12.4. The van der Waals surface area contributed by atoms with Crippen LogP contribution in [-0.4, -0.2) is 47.8 Å². The molecule has 9 heteroatoms. The summed E-state index contributed by atoms with van der Waals surface area (Å²) in [4.78, 5) is 22.5. The van der Waals surface area contributed by atoms with Crippen molar-refractivity contribution in [2.45, 2.75) is 193 Å². The van der Waals surface area contributed by atoms with Crippen LogP contribution in [0.15, 0.2) is 0 Å². The number of aliphatic hydroxyl groups excluding tert-OH is 1. The van der Waals surface area contributed by atoms with Gasteiger partial charge in [-0.3, -0.25) is 13.8 Å². The molecule has 0 spiro atoms. The molecule has 3 unspecified atom stereocenters. The number of rotatable bonds is 34. The Morgan fingerprint density at radius 3 is 1.49 bits per heavy atom. The molecule has 5 N–H and O–H groups in total. The van der Waals surface area contributed by atoms with Crippen LogP contribution in [0.2, 0.25) is 0 Å². The van der Waals surface area contributed by atoms with E-state index in [-0.39, 0.29) is 25.7 Å². The van der Waals surface area contributed by atoms with Crippen molar-refractivity contribution < 1.29 is 28.4 Å². The lowest BCUT2D eigenvalue weighted by Crippen LogP contribution is -2.46. The van der Waals surface area contributed by atoms with E-state index < -0.39 is 20.0 Å². The van der Waals surface area contributed by atoms with Gasteiger partial charge >= 0.3 is 7.82 Å². The molecule has 0 aliphatic carbocycles. The van der Waals surface area contributed by atoms with Crippen molar-refractivity contribution in [1.82, 2.24) is 5.32 Å². The van der Waals surface area contributed by atoms with Crippen molar-refractivity contribution >= 4 is 13.7 Å². The van der Waals surface area contributed by atoms with Crippen LogP contribution in [0.5, 0.6) is 0 Å². The number of phosphoric acid groups is 1. The summed E-state index contributed by atoms with van der Waals surface area (Å²) >= 11 is 0. The van der Waals surface area contributed by atoms with Crippen LogP contribution in [0.4, 0.5) is 0 Å². The molecule has 0 radical (unpaired) electrons. The molecule has 258 valence electrons. The normalized spacial score (nSPS) is 14.4. The Morgan fingerprint density at radius 1 is 0.674 bits per heavy atom. The highest BCUT2D eigenvalue weighted by molar-refractivity contribution is 7.47. The Bertz CT molecular complexity index is 654. The topological polar surface area (TPSA) is 131 Å². The number of carbonyl (C=O) groups is 1. The number of phosphoric ester groups is 1. The largest absolute Gasteiger partial charge is 0.472 e. The van der Waals surface area contributed by atoms with Gasteiger partial charge < -0.3 is 21.1 Å². The third-order valence-electron chi connectivity index (χ3n) is 8.21. The van der Waals surface area contributed by atoms with E-state index in [2.05, 4.69) is 19.2 Å². The maximum Gasteiger partial charge on any atom is 0.472 e. The van der Waals surface area contributed by atoms with Crippen LogP contribution in [0.1, 0.15) is 181 Å². The fourth-order valence-electron chi connectivity index (χ4n) is 5.43. The van der Waals surface area contributed by atoms with E-state index in [9.17, 15) is 19.4 Å². The Balaban J connectivity index is 4.25. The minimum atomic E-state index is -4.30. The van der Waals surface area contributed by atoms with Gasteiger partial charge in [0.05, 0.1) is 25.4 Å². The molecule has 0 aromatic heterocycles. The van der Waals surface area contributed by atoms with Gasteiger partial charge in [0.2, 0.25) is 5.91 Å². The van der Waals surface area contributed by atoms with Gasteiger partial charge in [0, 0.05) is 13.0 Å². The van der Waals surface area contributed by atoms with Crippen molar-refractivity contribution in [2.75, 3.05) is 19.8 Å². The average Bonchev–Trinajstić information content (AvgIpc) is 2.99. The number of hydrogen-bond donors (Lipinski definition) is 4. The average molecular weight is 635 g/mol. The van der Waals surface area contributed by atoms with Crippen molar-refractivity contribution in [3.63, 3.8) is 0 Å². The summed E-state index contributed by atoms with van der Waals surface area (Å²) in [6.45, 7) is 4.19. The van der Waals surface area contributed by atoms with Crippen LogP contribution >= 0.6 is 7.82 Å². The van der Waals surface area contributed by atoms with Gasteiger partial charge in [0.15, 0.2) is 0 Å². The van der Waals surface area contributed by atoms with E-state index in [0.717, 1.165) is 38.5 Å². The third-order valence-corrected chi connectivity index (χ3v) is 9.20. The number of aliphatic hydroxyl groups is 1. The third kappa shape index (κ3) is 29.9. The zero-order valence-electron chi connectivity index (χ0n) is 28.2. The molecule has 0 aromatic rings. The lowest BCUT2D eigenvalue weighted by atomic mass is 10.0. The van der Waals surface area contributed by atoms with Gasteiger partial charge in [-0.05, 0) is 12.8 Å². The first kappa shape index (κ1) is 42.5. The first-order chi connectivity index (χ1) is 20.9. The summed E-state index contributed by atoms with van der Waals surface area (Å²) in [6, 6.07) is -0.764. The molecule has 3 atom stereocenters. The molecular weight excluding hydrogens is 563 g/mol. The summed E-state index contributed by atoms with van der Waals surface area (Å²) in [7, 11) is -4.30. The van der Waals surface area contributed by atoms with E-state index in [1.54, 1.807) is 0 Å². The summed E-state index contributed by atoms with van der Waals surface area (Å²) < 4.78 is 22.0. The second-order valence-corrected chi connectivity index (χ2v) is 13.9. The molecule has 0 saturated carbocycles. The van der Waals surface area contributed by atoms with Gasteiger partial charge in [0.25, 0.3) is 0 Å². The predicted molar refractivity (Wildman–Crippen MR) is 180 cm³/mol. The number of carbonyl (C=O) groups excluding carboxylic acids is 1. The number of nitrogens with one attached hydrogen (secondary N) is 1. The molecule has 8 nitrogen and oxygen atoms in total. The van der Waals surface area contributed by atoms with Crippen molar-refractivity contribution in [2.24, 2.45) is 5.73 Å². The lowest BCUT2D eigenvalue weighted by Gasteiger charge is -2.25. The summed E-state index contributed by atoms with van der Waals surface area (Å²) in [5.41, 5.74) is 5.35. The molecule has 0 saturated heterocycles. The van der Waals surface area contributed by atoms with Crippen molar-refractivity contribution in [3.8, 4) is 0 Å². The van der Waals surface area contributed by atoms with Gasteiger partial charge in [-0.2, -0.15) is 0 Å². The highest BCUT2D eigenvalue weighted by Gasteiger charge is 2.27. The van der Waals surface area contributed by atoms with E-state index in [4.69, 9.17) is 14.8 Å². The number of unbranched alkanes of at least 4 members (excludes halogenated alkanes) is 22. The zero-order valence-corrected chi connectivity index (χ0v) is 29.1. The molecule has 0 bridgehead atoms. The van der Waals surface area contributed by atoms with Gasteiger partial charge in [-0.1, -0.05) is 162 Å². The first-order valence-corrected chi connectivity index (χ1v) is 19.6. The quantitative estimate of drug-likeness (QED) is 0.0410. The minimum Gasteiger partial charge on any atom is -0.391 e. The maximum atomic E-state index is 12.6. The molecule has 0 rings (SSSR count). The van der Waals surface area contributed by atoms with E-state index in [1.807, 2.05) is 0 Å². The SMILES string of the molecule is CCCCCCCCCCCCCCCCC(O)C(COP(=O)(O)OCCN)NC(=O)CCCCCCCCCCCC. The van der Waals surface area contributed by atoms with Crippen LogP contribution in [0.25, 0.3) is 0 Å². The molecule has 0 fully saturated rings. The molecule has 0 aliphatic rings. The number of nitrogens with two attached hydrogens (primary N) is 1. The zero-order chi connectivity index (χ0) is 31.9. The van der Waals surface area contributed by atoms with Crippen LogP contribution in [0.3, 0.4) is 0 Å². The van der Waals surface area contributed by atoms with Crippen LogP contribution in [0, 0.1) is 0 Å². The summed E-state index contributed by atoms with van der Waals surface area (Å²) in [6.07, 6.45) is 29.6. The van der Waals surface area contributed by atoms with E-state index in [1.165, 1.54) is 116 Å². The number of hydrogen-bond acceptors (Lipinski definition) is 6. The Kier molecular flexibility index (Phi) is 31.1. The molecule has 0 heterocycles. The monoisotopic (exact) mass is 635 g/mol. The Morgan fingerprint density at radius 2 is 1.07 bits per heavy atom. The highest BCUT2D eigenvalue weighted by Crippen LogP contribution is 2.43. The predicted octanol–water partition coefficient (Wildman–Crippen LogP) is 9.11. The van der Waals surface area contributed by atoms with E-state index in [0.29, 0.717) is 12.8 Å². The van der Waals surface area contributed by atoms with E-state index >= 15 is 0 Å². The molecule has 1 amide bonds. The van der Waals surface area contributed by atoms with Gasteiger partial charge in [-0.15, -0.1) is 0 Å². The van der Waals surface area contributed by atoms with Crippen molar-refractivity contribution in [1.29, 1.82) is 0 Å². The Labute approximate surface area is 265 Å². The lowest BCUT2D eigenvalue weighted by molar-refractivity contribution is -0.123.